The lowest BCUT2D eigenvalue weighted by molar-refractivity contribution is 0.597. The van der Waals surface area contributed by atoms with E-state index in [2.05, 4.69) is 34.4 Å². The second-order valence-electron chi connectivity index (χ2n) is 8.41. The summed E-state index contributed by atoms with van der Waals surface area (Å²) in [5, 5.41) is 11.7. The van der Waals surface area contributed by atoms with Crippen LogP contribution in [-0.4, -0.2) is 41.0 Å². The van der Waals surface area contributed by atoms with Gasteiger partial charge in [-0.05, 0) is 62.7 Å². The third kappa shape index (κ3) is 5.64. The molecule has 0 unspecified atom stereocenters. The fourth-order valence-corrected chi connectivity index (χ4v) is 4.43. The predicted octanol–water partition coefficient (Wildman–Crippen LogP) is 4.07. The van der Waals surface area contributed by atoms with Gasteiger partial charge in [0, 0.05) is 37.7 Å². The van der Waals surface area contributed by atoms with E-state index in [9.17, 15) is 8.42 Å². The van der Waals surface area contributed by atoms with Crippen LogP contribution in [0.4, 0.5) is 29.1 Å². The van der Waals surface area contributed by atoms with Gasteiger partial charge in [0.2, 0.25) is 21.9 Å². The standard InChI is InChI=1S/C23H28N8O2S.ClH/c1-14(2)26-23-28-18-13-17(8-9-19(18)31(23)5)30(4)21-10-11-25-22(29-21)27-16-7-6-15(3)20(12-16)34(24,32)33;/h6-14H,1-5H3,(H,26,28)(H2,24,32,33)(H,25,27,29);1H. The lowest BCUT2D eigenvalue weighted by Crippen LogP contribution is -2.14. The van der Waals surface area contributed by atoms with Gasteiger partial charge in [0.25, 0.3) is 0 Å². The third-order valence-corrected chi connectivity index (χ3v) is 6.46. The van der Waals surface area contributed by atoms with E-state index in [0.717, 1.165) is 22.7 Å². The molecule has 186 valence electrons. The zero-order valence-corrected chi connectivity index (χ0v) is 21.8. The maximum Gasteiger partial charge on any atom is 0.238 e. The Morgan fingerprint density at radius 3 is 2.51 bits per heavy atom. The van der Waals surface area contributed by atoms with Crippen molar-refractivity contribution in [3.05, 3.63) is 54.2 Å². The average Bonchev–Trinajstić information content (AvgIpc) is 3.08. The minimum absolute atomic E-state index is 0. The Morgan fingerprint density at radius 1 is 1.09 bits per heavy atom. The first-order valence-corrected chi connectivity index (χ1v) is 12.3. The van der Waals surface area contributed by atoms with Gasteiger partial charge in [-0.25, -0.2) is 23.5 Å². The molecule has 4 N–H and O–H groups in total. The largest absolute Gasteiger partial charge is 0.353 e. The number of nitrogens with zero attached hydrogens (tertiary/aromatic N) is 5. The molecule has 0 fully saturated rings. The molecule has 0 aliphatic heterocycles. The van der Waals surface area contributed by atoms with E-state index in [4.69, 9.17) is 10.1 Å². The van der Waals surface area contributed by atoms with Gasteiger partial charge in [0.1, 0.15) is 5.82 Å². The zero-order chi connectivity index (χ0) is 24.6. The van der Waals surface area contributed by atoms with E-state index in [1.165, 1.54) is 6.07 Å². The van der Waals surface area contributed by atoms with E-state index in [-0.39, 0.29) is 23.3 Å². The van der Waals surface area contributed by atoms with Gasteiger partial charge >= 0.3 is 0 Å². The summed E-state index contributed by atoms with van der Waals surface area (Å²) in [5.74, 6) is 1.80. The number of benzene rings is 2. The highest BCUT2D eigenvalue weighted by Crippen LogP contribution is 2.28. The Labute approximate surface area is 211 Å². The number of nitrogens with two attached hydrogens (primary N) is 1. The van der Waals surface area contributed by atoms with Crippen LogP contribution in [0.1, 0.15) is 19.4 Å². The van der Waals surface area contributed by atoms with Gasteiger partial charge in [0.15, 0.2) is 0 Å². The lowest BCUT2D eigenvalue weighted by atomic mass is 10.2. The first-order valence-electron chi connectivity index (χ1n) is 10.7. The van der Waals surface area contributed by atoms with E-state index in [1.807, 2.05) is 41.8 Å². The van der Waals surface area contributed by atoms with E-state index in [1.54, 1.807) is 31.3 Å². The second-order valence-corrected chi connectivity index (χ2v) is 9.94. The maximum absolute atomic E-state index is 11.8. The number of aryl methyl sites for hydroxylation is 2. The maximum atomic E-state index is 11.8. The topological polar surface area (TPSA) is 131 Å². The van der Waals surface area contributed by atoms with Crippen LogP contribution in [0, 0.1) is 6.92 Å². The van der Waals surface area contributed by atoms with Crippen LogP contribution in [0.5, 0.6) is 0 Å². The molecule has 0 amide bonds. The van der Waals surface area contributed by atoms with Crippen LogP contribution in [0.3, 0.4) is 0 Å². The van der Waals surface area contributed by atoms with E-state index < -0.39 is 10.0 Å². The molecule has 4 rings (SSSR count). The van der Waals surface area contributed by atoms with Crippen LogP contribution < -0.4 is 20.7 Å². The highest BCUT2D eigenvalue weighted by molar-refractivity contribution is 7.89. The van der Waals surface area contributed by atoms with Crippen molar-refractivity contribution in [1.82, 2.24) is 19.5 Å². The molecule has 0 saturated carbocycles. The Bertz CT molecular complexity index is 1470. The number of anilines is 5. The molecule has 2 aromatic carbocycles. The smallest absolute Gasteiger partial charge is 0.238 e. The van der Waals surface area contributed by atoms with Crippen LogP contribution >= 0.6 is 12.4 Å². The summed E-state index contributed by atoms with van der Waals surface area (Å²) < 4.78 is 25.7. The van der Waals surface area contributed by atoms with Gasteiger partial charge in [0.05, 0.1) is 15.9 Å². The molecular weight excluding hydrogens is 488 g/mol. The van der Waals surface area contributed by atoms with Crippen molar-refractivity contribution < 1.29 is 8.42 Å². The molecule has 0 radical (unpaired) electrons. The molecule has 0 spiro atoms. The molecule has 0 aliphatic rings. The van der Waals surface area contributed by atoms with Gasteiger partial charge in [-0.3, -0.25) is 0 Å². The van der Waals surface area contributed by atoms with Crippen LogP contribution in [0.25, 0.3) is 11.0 Å². The van der Waals surface area contributed by atoms with Crippen LogP contribution in [0.15, 0.2) is 53.6 Å². The van der Waals surface area contributed by atoms with Crippen LogP contribution in [0.2, 0.25) is 0 Å². The van der Waals surface area contributed by atoms with Gasteiger partial charge < -0.3 is 20.1 Å². The zero-order valence-electron chi connectivity index (χ0n) is 20.1. The van der Waals surface area contributed by atoms with Crippen molar-refractivity contribution in [3.63, 3.8) is 0 Å². The number of hydrogen-bond donors (Lipinski definition) is 3. The molecule has 2 aromatic heterocycles. The molecule has 0 aliphatic carbocycles. The molecule has 2 heterocycles. The first-order chi connectivity index (χ1) is 16.0. The van der Waals surface area contributed by atoms with Crippen molar-refractivity contribution in [2.75, 3.05) is 22.6 Å². The summed E-state index contributed by atoms with van der Waals surface area (Å²) in [7, 11) is 0.0622. The fourth-order valence-electron chi connectivity index (χ4n) is 3.63. The van der Waals surface area contributed by atoms with Gasteiger partial charge in [-0.2, -0.15) is 4.98 Å². The molecule has 0 bridgehead atoms. The molecule has 35 heavy (non-hydrogen) atoms. The SMILES string of the molecule is Cc1ccc(Nc2nccc(N(C)c3ccc4c(c3)nc(NC(C)C)n4C)n2)cc1S(N)(=O)=O.Cl. The van der Waals surface area contributed by atoms with Crippen molar-refractivity contribution in [1.29, 1.82) is 0 Å². The highest BCUT2D eigenvalue weighted by atomic mass is 35.5. The number of rotatable bonds is 7. The Balaban J connectivity index is 0.00000342. The summed E-state index contributed by atoms with van der Waals surface area (Å²) in [6, 6.07) is 13.0. The number of aromatic nitrogens is 4. The van der Waals surface area contributed by atoms with Crippen molar-refractivity contribution in [2.24, 2.45) is 12.2 Å². The van der Waals surface area contributed by atoms with Gasteiger partial charge in [-0.1, -0.05) is 6.07 Å². The molecule has 12 heteroatoms. The quantitative estimate of drug-likeness (QED) is 0.335. The number of sulfonamides is 1. The molecule has 0 saturated heterocycles. The number of fused-ring (bicyclic) bond motifs is 1. The predicted molar refractivity (Wildman–Crippen MR) is 143 cm³/mol. The fraction of sp³-hybridized carbons (Fsp3) is 0.261. The summed E-state index contributed by atoms with van der Waals surface area (Å²) in [6.07, 6.45) is 1.64. The average molecular weight is 517 g/mol. The van der Waals surface area contributed by atoms with Crippen molar-refractivity contribution in [3.8, 4) is 0 Å². The summed E-state index contributed by atoms with van der Waals surface area (Å²) in [5.41, 5.74) is 3.90. The van der Waals surface area contributed by atoms with E-state index in [0.29, 0.717) is 23.0 Å². The minimum Gasteiger partial charge on any atom is -0.353 e. The van der Waals surface area contributed by atoms with Gasteiger partial charge in [-0.15, -0.1) is 12.4 Å². The summed E-state index contributed by atoms with van der Waals surface area (Å²) in [4.78, 5) is 15.6. The number of nitrogens with one attached hydrogen (secondary N) is 2. The second kappa shape index (κ2) is 10.1. The number of imidazole rings is 1. The third-order valence-electron chi connectivity index (χ3n) is 5.40. The van der Waals surface area contributed by atoms with Crippen LogP contribution in [-0.2, 0) is 17.1 Å². The number of primary sulfonamides is 1. The number of halogens is 1. The van der Waals surface area contributed by atoms with Crippen molar-refractivity contribution in [2.45, 2.75) is 31.7 Å². The van der Waals surface area contributed by atoms with Crippen molar-refractivity contribution >= 4 is 62.6 Å². The Morgan fingerprint density at radius 2 is 1.83 bits per heavy atom. The monoisotopic (exact) mass is 516 g/mol. The molecule has 10 nitrogen and oxygen atoms in total. The molecule has 0 atom stereocenters. The number of hydrogen-bond acceptors (Lipinski definition) is 8. The van der Waals surface area contributed by atoms with E-state index >= 15 is 0 Å². The minimum atomic E-state index is -3.83. The normalized spacial score (nSPS) is 11.4. The Hall–Kier alpha value is -3.41. The highest BCUT2D eigenvalue weighted by Gasteiger charge is 2.14. The first kappa shape index (κ1) is 26.2. The Kier molecular flexibility index (Phi) is 7.53. The lowest BCUT2D eigenvalue weighted by Gasteiger charge is -2.19. The summed E-state index contributed by atoms with van der Waals surface area (Å²) in [6.45, 7) is 5.84. The summed E-state index contributed by atoms with van der Waals surface area (Å²) >= 11 is 0. The molecular formula is C23H29ClN8O2S. The molecule has 4 aromatic rings.